The Hall–Kier alpha value is -1.61. The van der Waals surface area contributed by atoms with Crippen LogP contribution >= 0.6 is 0 Å². The number of rotatable bonds is 9. The molecule has 0 radical (unpaired) electrons. The van der Waals surface area contributed by atoms with Crippen molar-refractivity contribution >= 4 is 5.97 Å². The summed E-state index contributed by atoms with van der Waals surface area (Å²) in [5.74, 6) is 0.0673. The molecule has 1 aliphatic rings. The van der Waals surface area contributed by atoms with Crippen LogP contribution in [0, 0.1) is 5.92 Å². The predicted molar refractivity (Wildman–Crippen MR) is 96.6 cm³/mol. The zero-order valence-corrected chi connectivity index (χ0v) is 14.8. The van der Waals surface area contributed by atoms with Gasteiger partial charge in [-0.15, -0.1) is 6.58 Å². The average Bonchev–Trinajstić information content (AvgIpc) is 2.60. The summed E-state index contributed by atoms with van der Waals surface area (Å²) in [4.78, 5) is 11.5. The third kappa shape index (κ3) is 6.48. The molecule has 3 heteroatoms. The van der Waals surface area contributed by atoms with Gasteiger partial charge in [0.15, 0.2) is 0 Å². The molecule has 0 heterocycles. The zero-order chi connectivity index (χ0) is 17.2. The van der Waals surface area contributed by atoms with Gasteiger partial charge in [0, 0.05) is 12.8 Å². The predicted octanol–water partition coefficient (Wildman–Crippen LogP) is 5.05. The van der Waals surface area contributed by atoms with Gasteiger partial charge in [-0.25, -0.2) is 0 Å². The molecule has 24 heavy (non-hydrogen) atoms. The lowest BCUT2D eigenvalue weighted by atomic mass is 9.88. The Kier molecular flexibility index (Phi) is 8.03. The van der Waals surface area contributed by atoms with E-state index in [0.29, 0.717) is 5.92 Å². The summed E-state index contributed by atoms with van der Waals surface area (Å²) in [7, 11) is 0. The topological polar surface area (TPSA) is 35.5 Å². The molecule has 2 unspecified atom stereocenters. The van der Waals surface area contributed by atoms with E-state index in [4.69, 9.17) is 9.47 Å². The van der Waals surface area contributed by atoms with Gasteiger partial charge in [0.25, 0.3) is 0 Å². The van der Waals surface area contributed by atoms with Crippen molar-refractivity contribution in [1.29, 1.82) is 0 Å². The van der Waals surface area contributed by atoms with Crippen LogP contribution in [0.15, 0.2) is 43.0 Å². The molecule has 1 fully saturated rings. The largest absolute Gasteiger partial charge is 0.436 e. The molecule has 0 spiro atoms. The minimum Gasteiger partial charge on any atom is -0.436 e. The third-order valence-corrected chi connectivity index (χ3v) is 4.67. The number of hydrogen-bond acceptors (Lipinski definition) is 3. The lowest BCUT2D eigenvalue weighted by Crippen LogP contribution is -2.34. The minimum atomic E-state index is -0.413. The molecule has 3 nitrogen and oxygen atoms in total. The van der Waals surface area contributed by atoms with E-state index in [0.717, 1.165) is 32.1 Å². The molecular formula is C21H30O3. The van der Waals surface area contributed by atoms with E-state index < -0.39 is 6.29 Å². The van der Waals surface area contributed by atoms with Gasteiger partial charge < -0.3 is 9.47 Å². The molecule has 1 aliphatic carbocycles. The average molecular weight is 330 g/mol. The van der Waals surface area contributed by atoms with Gasteiger partial charge in [-0.05, 0) is 37.7 Å². The SMILES string of the molecule is C=CCC(CCc1ccccc1)OC(OC(C)=O)C1CCCCC1. The quantitative estimate of drug-likeness (QED) is 0.361. The highest BCUT2D eigenvalue weighted by Gasteiger charge is 2.29. The number of carbonyl (C=O) groups is 1. The van der Waals surface area contributed by atoms with Crippen molar-refractivity contribution in [2.24, 2.45) is 5.92 Å². The fourth-order valence-electron chi connectivity index (χ4n) is 3.39. The smallest absolute Gasteiger partial charge is 0.304 e. The first kappa shape index (κ1) is 18.7. The molecule has 0 N–H and O–H groups in total. The molecule has 0 aliphatic heterocycles. The first-order chi connectivity index (χ1) is 11.7. The summed E-state index contributed by atoms with van der Waals surface area (Å²) in [5, 5.41) is 0. The van der Waals surface area contributed by atoms with Gasteiger partial charge in [-0.3, -0.25) is 4.79 Å². The summed E-state index contributed by atoms with van der Waals surface area (Å²) >= 11 is 0. The highest BCUT2D eigenvalue weighted by atomic mass is 16.7. The van der Waals surface area contributed by atoms with Crippen LogP contribution in [0.3, 0.4) is 0 Å². The normalized spacial score (nSPS) is 17.9. The standard InChI is InChI=1S/C21H30O3/c1-3-10-20(16-15-18-11-6-4-7-12-18)24-21(23-17(2)22)19-13-8-5-9-14-19/h3-4,6-7,11-12,19-21H,1,5,8-10,13-16H2,2H3. The van der Waals surface area contributed by atoms with Crippen molar-refractivity contribution in [2.75, 3.05) is 0 Å². The highest BCUT2D eigenvalue weighted by molar-refractivity contribution is 5.66. The van der Waals surface area contributed by atoms with Gasteiger partial charge in [0.2, 0.25) is 6.29 Å². The van der Waals surface area contributed by atoms with Gasteiger partial charge in [0.1, 0.15) is 0 Å². The molecular weight excluding hydrogens is 300 g/mol. The number of aryl methyl sites for hydroxylation is 1. The molecule has 1 aromatic carbocycles. The van der Waals surface area contributed by atoms with Gasteiger partial charge in [-0.2, -0.15) is 0 Å². The molecule has 2 rings (SSSR count). The number of benzene rings is 1. The first-order valence-electron chi connectivity index (χ1n) is 9.16. The first-order valence-corrected chi connectivity index (χ1v) is 9.16. The van der Waals surface area contributed by atoms with Crippen LogP contribution in [-0.4, -0.2) is 18.4 Å². The van der Waals surface area contributed by atoms with E-state index in [1.807, 2.05) is 12.1 Å². The van der Waals surface area contributed by atoms with Crippen molar-refractivity contribution < 1.29 is 14.3 Å². The van der Waals surface area contributed by atoms with E-state index >= 15 is 0 Å². The van der Waals surface area contributed by atoms with E-state index in [2.05, 4.69) is 30.8 Å². The van der Waals surface area contributed by atoms with Crippen LogP contribution in [-0.2, 0) is 20.7 Å². The Morgan fingerprint density at radius 1 is 1.25 bits per heavy atom. The van der Waals surface area contributed by atoms with Crippen LogP contribution in [0.4, 0.5) is 0 Å². The highest BCUT2D eigenvalue weighted by Crippen LogP contribution is 2.30. The van der Waals surface area contributed by atoms with Crippen LogP contribution < -0.4 is 0 Å². The number of carbonyl (C=O) groups excluding carboxylic acids is 1. The van der Waals surface area contributed by atoms with Crippen molar-refractivity contribution in [3.05, 3.63) is 48.6 Å². The van der Waals surface area contributed by atoms with E-state index in [9.17, 15) is 4.79 Å². The molecule has 0 bridgehead atoms. The summed E-state index contributed by atoms with van der Waals surface area (Å²) in [6.45, 7) is 5.31. The lowest BCUT2D eigenvalue weighted by molar-refractivity contribution is -0.206. The zero-order valence-electron chi connectivity index (χ0n) is 14.8. The summed E-state index contributed by atoms with van der Waals surface area (Å²) < 4.78 is 11.8. The van der Waals surface area contributed by atoms with E-state index in [1.165, 1.54) is 31.7 Å². The van der Waals surface area contributed by atoms with Crippen molar-refractivity contribution in [2.45, 2.75) is 70.7 Å². The second-order valence-electron chi connectivity index (χ2n) is 6.68. The molecule has 0 saturated heterocycles. The van der Waals surface area contributed by atoms with Gasteiger partial charge in [-0.1, -0.05) is 55.7 Å². The number of esters is 1. The summed E-state index contributed by atoms with van der Waals surface area (Å²) in [6.07, 6.45) is 9.97. The number of hydrogen-bond donors (Lipinski definition) is 0. The fourth-order valence-corrected chi connectivity index (χ4v) is 3.39. The maximum Gasteiger partial charge on any atom is 0.304 e. The lowest BCUT2D eigenvalue weighted by Gasteiger charge is -2.32. The molecule has 2 atom stereocenters. The summed E-state index contributed by atoms with van der Waals surface area (Å²) in [6, 6.07) is 10.4. The Bertz CT molecular complexity index is 491. The van der Waals surface area contributed by atoms with Crippen LogP contribution in [0.25, 0.3) is 0 Å². The molecule has 0 amide bonds. The molecule has 1 aromatic rings. The third-order valence-electron chi connectivity index (χ3n) is 4.67. The van der Waals surface area contributed by atoms with Gasteiger partial charge in [0.05, 0.1) is 6.10 Å². The Morgan fingerprint density at radius 3 is 2.58 bits per heavy atom. The molecule has 132 valence electrons. The maximum atomic E-state index is 11.5. The fraction of sp³-hybridized carbons (Fsp3) is 0.571. The second kappa shape index (κ2) is 10.3. The maximum absolute atomic E-state index is 11.5. The Morgan fingerprint density at radius 2 is 1.96 bits per heavy atom. The van der Waals surface area contributed by atoms with Crippen LogP contribution in [0.1, 0.15) is 57.4 Å². The van der Waals surface area contributed by atoms with Crippen LogP contribution in [0.5, 0.6) is 0 Å². The second-order valence-corrected chi connectivity index (χ2v) is 6.68. The van der Waals surface area contributed by atoms with Crippen molar-refractivity contribution in [3.63, 3.8) is 0 Å². The molecule has 1 saturated carbocycles. The summed E-state index contributed by atoms with van der Waals surface area (Å²) in [5.41, 5.74) is 1.30. The van der Waals surface area contributed by atoms with Gasteiger partial charge >= 0.3 is 5.97 Å². The Balaban J connectivity index is 1.95. The Labute approximate surface area is 146 Å². The number of ether oxygens (including phenoxy) is 2. The molecule has 0 aromatic heterocycles. The monoisotopic (exact) mass is 330 g/mol. The van der Waals surface area contributed by atoms with E-state index in [1.54, 1.807) is 0 Å². The van der Waals surface area contributed by atoms with Crippen LogP contribution in [0.2, 0.25) is 0 Å². The minimum absolute atomic E-state index is 0.0361. The van der Waals surface area contributed by atoms with Crippen molar-refractivity contribution in [3.8, 4) is 0 Å². The van der Waals surface area contributed by atoms with Crippen molar-refractivity contribution in [1.82, 2.24) is 0 Å². The van der Waals surface area contributed by atoms with E-state index in [-0.39, 0.29) is 12.1 Å².